The van der Waals surface area contributed by atoms with Crippen molar-refractivity contribution >= 4 is 23.4 Å². The third-order valence-corrected chi connectivity index (χ3v) is 4.85. The van der Waals surface area contributed by atoms with Gasteiger partial charge in [0.1, 0.15) is 11.6 Å². The third-order valence-electron chi connectivity index (χ3n) is 3.83. The molecule has 0 saturated carbocycles. The first-order chi connectivity index (χ1) is 13.8. The highest BCUT2D eigenvalue weighted by Crippen LogP contribution is 2.24. The second kappa shape index (κ2) is 8.99. The van der Waals surface area contributed by atoms with Gasteiger partial charge < -0.3 is 14.6 Å². The Morgan fingerprint density at radius 3 is 2.45 bits per heavy atom. The van der Waals surface area contributed by atoms with Gasteiger partial charge in [-0.2, -0.15) is 0 Å². The van der Waals surface area contributed by atoms with Gasteiger partial charge in [-0.05, 0) is 29.8 Å². The van der Waals surface area contributed by atoms with Gasteiger partial charge in [0.2, 0.25) is 5.91 Å². The van der Waals surface area contributed by atoms with Crippen LogP contribution >= 0.6 is 11.8 Å². The standard InChI is InChI=1S/C19H17F3N4O2S/c1-26-16(11-13-5-3-2-4-6-13)24-25-18(26)29-12-17(27)23-14-7-9-15(10-8-14)28-19(20,21)22/h2-10H,11-12H2,1H3,(H,23,27). The predicted molar refractivity (Wildman–Crippen MR) is 103 cm³/mol. The van der Waals surface area contributed by atoms with Gasteiger partial charge in [-0.3, -0.25) is 4.79 Å². The number of anilines is 1. The third kappa shape index (κ3) is 6.24. The molecular formula is C19H17F3N4O2S. The number of carbonyl (C=O) groups excluding carboxylic acids is 1. The number of benzene rings is 2. The van der Waals surface area contributed by atoms with E-state index in [9.17, 15) is 18.0 Å². The van der Waals surface area contributed by atoms with Crippen LogP contribution < -0.4 is 10.1 Å². The van der Waals surface area contributed by atoms with Crippen molar-refractivity contribution in [3.05, 3.63) is 66.0 Å². The van der Waals surface area contributed by atoms with Crippen molar-refractivity contribution in [3.63, 3.8) is 0 Å². The smallest absolute Gasteiger partial charge is 0.406 e. The van der Waals surface area contributed by atoms with E-state index >= 15 is 0 Å². The number of hydrogen-bond donors (Lipinski definition) is 1. The molecule has 152 valence electrons. The lowest BCUT2D eigenvalue weighted by Gasteiger charge is -2.10. The molecule has 6 nitrogen and oxygen atoms in total. The zero-order chi connectivity index (χ0) is 20.9. The number of thioether (sulfide) groups is 1. The van der Waals surface area contributed by atoms with E-state index in [0.29, 0.717) is 17.3 Å². The molecule has 0 radical (unpaired) electrons. The summed E-state index contributed by atoms with van der Waals surface area (Å²) in [5.41, 5.74) is 1.48. The summed E-state index contributed by atoms with van der Waals surface area (Å²) in [6.45, 7) is 0. The quantitative estimate of drug-likeness (QED) is 0.582. The molecule has 3 aromatic rings. The number of ether oxygens (including phenoxy) is 1. The predicted octanol–water partition coefficient (Wildman–Crippen LogP) is 4.04. The Morgan fingerprint density at radius 2 is 1.79 bits per heavy atom. The topological polar surface area (TPSA) is 69.0 Å². The summed E-state index contributed by atoms with van der Waals surface area (Å²) >= 11 is 1.22. The number of rotatable bonds is 7. The fourth-order valence-electron chi connectivity index (χ4n) is 2.47. The molecule has 1 aromatic heterocycles. The van der Waals surface area contributed by atoms with Crippen LogP contribution in [0.5, 0.6) is 5.75 Å². The van der Waals surface area contributed by atoms with Gasteiger partial charge in [-0.25, -0.2) is 0 Å². The zero-order valence-corrected chi connectivity index (χ0v) is 16.1. The van der Waals surface area contributed by atoms with E-state index in [0.717, 1.165) is 23.5 Å². The lowest BCUT2D eigenvalue weighted by Crippen LogP contribution is -2.17. The lowest BCUT2D eigenvalue weighted by molar-refractivity contribution is -0.274. The number of halogens is 3. The number of nitrogens with one attached hydrogen (secondary N) is 1. The second-order valence-corrected chi connectivity index (χ2v) is 6.97. The fourth-order valence-corrected chi connectivity index (χ4v) is 3.20. The van der Waals surface area contributed by atoms with Crippen molar-refractivity contribution in [1.29, 1.82) is 0 Å². The van der Waals surface area contributed by atoms with E-state index in [1.54, 1.807) is 0 Å². The summed E-state index contributed by atoms with van der Waals surface area (Å²) in [4.78, 5) is 12.1. The van der Waals surface area contributed by atoms with E-state index < -0.39 is 6.36 Å². The fraction of sp³-hybridized carbons (Fsp3) is 0.211. The molecule has 0 aliphatic carbocycles. The Kier molecular flexibility index (Phi) is 6.42. The summed E-state index contributed by atoms with van der Waals surface area (Å²) in [7, 11) is 1.83. The number of carbonyl (C=O) groups is 1. The molecular weight excluding hydrogens is 405 g/mol. The van der Waals surface area contributed by atoms with Gasteiger partial charge in [0.05, 0.1) is 5.75 Å². The maximum Gasteiger partial charge on any atom is 0.573 e. The molecule has 0 unspecified atom stereocenters. The molecule has 0 aliphatic heterocycles. The summed E-state index contributed by atoms with van der Waals surface area (Å²) < 4.78 is 42.1. The monoisotopic (exact) mass is 422 g/mol. The van der Waals surface area contributed by atoms with Gasteiger partial charge >= 0.3 is 6.36 Å². The summed E-state index contributed by atoms with van der Waals surface area (Å²) in [6, 6.07) is 14.8. The van der Waals surface area contributed by atoms with Crippen LogP contribution in [0.25, 0.3) is 0 Å². The number of hydrogen-bond acceptors (Lipinski definition) is 5. The summed E-state index contributed by atoms with van der Waals surface area (Å²) in [5.74, 6) is 0.194. The average Bonchev–Trinajstić information content (AvgIpc) is 3.01. The molecule has 0 saturated heterocycles. The van der Waals surface area contributed by atoms with Crippen LogP contribution in [0.15, 0.2) is 59.8 Å². The molecule has 10 heteroatoms. The zero-order valence-electron chi connectivity index (χ0n) is 15.3. The van der Waals surface area contributed by atoms with Gasteiger partial charge in [0, 0.05) is 19.2 Å². The highest BCUT2D eigenvalue weighted by molar-refractivity contribution is 7.99. The van der Waals surface area contributed by atoms with Gasteiger partial charge in [0.25, 0.3) is 0 Å². The first-order valence-electron chi connectivity index (χ1n) is 8.51. The largest absolute Gasteiger partial charge is 0.573 e. The Hall–Kier alpha value is -3.01. The maximum absolute atomic E-state index is 12.2. The molecule has 0 aliphatic rings. The Bertz CT molecular complexity index is 960. The molecule has 0 fully saturated rings. The molecule has 2 aromatic carbocycles. The highest BCUT2D eigenvalue weighted by atomic mass is 32.2. The van der Waals surface area contributed by atoms with Crippen molar-refractivity contribution in [2.45, 2.75) is 17.9 Å². The first kappa shape index (κ1) is 20.7. The minimum absolute atomic E-state index is 0.0815. The van der Waals surface area contributed by atoms with Crippen LogP contribution in [-0.4, -0.2) is 32.8 Å². The van der Waals surface area contributed by atoms with Crippen LogP contribution in [-0.2, 0) is 18.3 Å². The van der Waals surface area contributed by atoms with Crippen molar-refractivity contribution in [3.8, 4) is 5.75 Å². The van der Waals surface area contributed by atoms with Crippen molar-refractivity contribution < 1.29 is 22.7 Å². The first-order valence-corrected chi connectivity index (χ1v) is 9.49. The molecule has 1 amide bonds. The number of aromatic nitrogens is 3. The Morgan fingerprint density at radius 1 is 1.10 bits per heavy atom. The van der Waals surface area contributed by atoms with Crippen molar-refractivity contribution in [2.24, 2.45) is 7.05 Å². The normalized spacial score (nSPS) is 11.3. The Balaban J connectivity index is 1.52. The van der Waals surface area contributed by atoms with Crippen LogP contribution in [0.3, 0.4) is 0 Å². The number of nitrogens with zero attached hydrogens (tertiary/aromatic N) is 3. The van der Waals surface area contributed by atoms with Crippen LogP contribution in [0.1, 0.15) is 11.4 Å². The average molecular weight is 422 g/mol. The minimum Gasteiger partial charge on any atom is -0.406 e. The van der Waals surface area contributed by atoms with Crippen LogP contribution in [0, 0.1) is 0 Å². The molecule has 29 heavy (non-hydrogen) atoms. The molecule has 3 rings (SSSR count). The number of alkyl halides is 3. The highest BCUT2D eigenvalue weighted by Gasteiger charge is 2.30. The summed E-state index contributed by atoms with van der Waals surface area (Å²) in [6.07, 6.45) is -4.12. The molecule has 0 spiro atoms. The molecule has 0 atom stereocenters. The summed E-state index contributed by atoms with van der Waals surface area (Å²) in [5, 5.41) is 11.5. The maximum atomic E-state index is 12.2. The van der Waals surface area contributed by atoms with Crippen LogP contribution in [0.4, 0.5) is 18.9 Å². The van der Waals surface area contributed by atoms with Gasteiger partial charge in [-0.15, -0.1) is 23.4 Å². The van der Waals surface area contributed by atoms with E-state index in [4.69, 9.17) is 0 Å². The van der Waals surface area contributed by atoms with E-state index in [1.165, 1.54) is 23.9 Å². The number of amides is 1. The molecule has 1 N–H and O–H groups in total. The Labute approximate surface area is 169 Å². The van der Waals surface area contributed by atoms with Crippen molar-refractivity contribution in [1.82, 2.24) is 14.8 Å². The van der Waals surface area contributed by atoms with Crippen LogP contribution in [0.2, 0.25) is 0 Å². The molecule has 0 bridgehead atoms. The molecule has 1 heterocycles. The minimum atomic E-state index is -4.75. The lowest BCUT2D eigenvalue weighted by atomic mass is 10.1. The van der Waals surface area contributed by atoms with Crippen molar-refractivity contribution in [2.75, 3.05) is 11.1 Å². The van der Waals surface area contributed by atoms with Gasteiger partial charge in [-0.1, -0.05) is 42.1 Å². The van der Waals surface area contributed by atoms with E-state index in [2.05, 4.69) is 20.3 Å². The second-order valence-electron chi connectivity index (χ2n) is 6.03. The SMILES string of the molecule is Cn1c(Cc2ccccc2)nnc1SCC(=O)Nc1ccc(OC(F)(F)F)cc1. The van der Waals surface area contributed by atoms with E-state index in [1.807, 2.05) is 41.9 Å². The van der Waals surface area contributed by atoms with E-state index in [-0.39, 0.29) is 17.4 Å². The van der Waals surface area contributed by atoms with Gasteiger partial charge in [0.15, 0.2) is 5.16 Å².